The number of amides is 1. The van der Waals surface area contributed by atoms with Gasteiger partial charge in [0.1, 0.15) is 5.76 Å². The van der Waals surface area contributed by atoms with Crippen LogP contribution in [0.4, 0.5) is 0 Å². The Labute approximate surface area is 123 Å². The monoisotopic (exact) mass is 292 g/mol. The molecule has 0 spiro atoms. The summed E-state index contributed by atoms with van der Waals surface area (Å²) in [5.74, 6) is 0.860. The average molecular weight is 293 g/mol. The minimum Gasteiger partial charge on any atom is -0.468 e. The van der Waals surface area contributed by atoms with Crippen LogP contribution >= 0.6 is 11.6 Å². The van der Waals surface area contributed by atoms with Gasteiger partial charge in [-0.15, -0.1) is 0 Å². The standard InChI is InChI=1S/C15H17ClN2O2/c16-14-6-2-1-4-12(14)10-18-15(19)7-8-17-11-13-5-3-9-20-13/h1-6,9,17H,7-8,10-11H2,(H,18,19). The number of carbonyl (C=O) groups excluding carboxylic acids is 1. The maximum absolute atomic E-state index is 11.7. The number of furan rings is 1. The van der Waals surface area contributed by atoms with E-state index < -0.39 is 0 Å². The lowest BCUT2D eigenvalue weighted by molar-refractivity contribution is -0.121. The Balaban J connectivity index is 1.62. The summed E-state index contributed by atoms with van der Waals surface area (Å²) in [5, 5.41) is 6.66. The van der Waals surface area contributed by atoms with Gasteiger partial charge in [-0.05, 0) is 23.8 Å². The van der Waals surface area contributed by atoms with Crippen molar-refractivity contribution in [3.05, 3.63) is 59.0 Å². The molecule has 0 aliphatic carbocycles. The van der Waals surface area contributed by atoms with Crippen LogP contribution in [0, 0.1) is 0 Å². The highest BCUT2D eigenvalue weighted by Crippen LogP contribution is 2.14. The van der Waals surface area contributed by atoms with Crippen LogP contribution in [-0.4, -0.2) is 12.5 Å². The summed E-state index contributed by atoms with van der Waals surface area (Å²) in [5.41, 5.74) is 0.922. The van der Waals surface area contributed by atoms with Crippen molar-refractivity contribution in [2.45, 2.75) is 19.5 Å². The third kappa shape index (κ3) is 4.72. The molecule has 2 aromatic rings. The van der Waals surface area contributed by atoms with Crippen molar-refractivity contribution in [2.24, 2.45) is 0 Å². The van der Waals surface area contributed by atoms with Crippen LogP contribution in [0.1, 0.15) is 17.7 Å². The molecule has 0 fully saturated rings. The maximum Gasteiger partial charge on any atom is 0.221 e. The molecule has 106 valence electrons. The van der Waals surface area contributed by atoms with Crippen LogP contribution in [0.2, 0.25) is 5.02 Å². The van der Waals surface area contributed by atoms with Gasteiger partial charge in [-0.3, -0.25) is 4.79 Å². The maximum atomic E-state index is 11.7. The third-order valence-electron chi connectivity index (χ3n) is 2.84. The molecule has 5 heteroatoms. The zero-order valence-electron chi connectivity index (χ0n) is 11.1. The molecule has 2 N–H and O–H groups in total. The van der Waals surface area contributed by atoms with Crippen molar-refractivity contribution in [3.63, 3.8) is 0 Å². The van der Waals surface area contributed by atoms with E-state index in [1.54, 1.807) is 6.26 Å². The molecule has 0 radical (unpaired) electrons. The van der Waals surface area contributed by atoms with Crippen LogP contribution in [-0.2, 0) is 17.9 Å². The predicted octanol–water partition coefficient (Wildman–Crippen LogP) is 2.73. The Morgan fingerprint density at radius 1 is 1.15 bits per heavy atom. The summed E-state index contributed by atoms with van der Waals surface area (Å²) in [6.07, 6.45) is 2.05. The Morgan fingerprint density at radius 3 is 2.75 bits per heavy atom. The van der Waals surface area contributed by atoms with Crippen molar-refractivity contribution in [2.75, 3.05) is 6.54 Å². The number of nitrogens with one attached hydrogen (secondary N) is 2. The summed E-state index contributed by atoms with van der Waals surface area (Å²) in [6, 6.07) is 11.2. The molecule has 0 aliphatic heterocycles. The topological polar surface area (TPSA) is 54.3 Å². The molecule has 1 aromatic heterocycles. The zero-order chi connectivity index (χ0) is 14.2. The van der Waals surface area contributed by atoms with E-state index in [1.807, 2.05) is 36.4 Å². The van der Waals surface area contributed by atoms with Gasteiger partial charge in [-0.1, -0.05) is 29.8 Å². The molecule has 20 heavy (non-hydrogen) atoms. The molecule has 0 bridgehead atoms. The largest absolute Gasteiger partial charge is 0.468 e. The fraction of sp³-hybridized carbons (Fsp3) is 0.267. The second kappa shape index (κ2) is 7.72. The highest BCUT2D eigenvalue weighted by Gasteiger charge is 2.03. The molecule has 0 saturated carbocycles. The zero-order valence-corrected chi connectivity index (χ0v) is 11.8. The summed E-state index contributed by atoms with van der Waals surface area (Å²) >= 11 is 6.02. The smallest absolute Gasteiger partial charge is 0.221 e. The Bertz CT molecular complexity index is 541. The van der Waals surface area contributed by atoms with E-state index in [0.717, 1.165) is 11.3 Å². The van der Waals surface area contributed by atoms with E-state index in [4.69, 9.17) is 16.0 Å². The van der Waals surface area contributed by atoms with E-state index in [2.05, 4.69) is 10.6 Å². The first-order valence-corrected chi connectivity index (χ1v) is 6.86. The SMILES string of the molecule is O=C(CCNCc1ccco1)NCc1ccccc1Cl. The molecular weight excluding hydrogens is 276 g/mol. The number of halogens is 1. The van der Waals surface area contributed by atoms with Gasteiger partial charge in [-0.2, -0.15) is 0 Å². The first kappa shape index (κ1) is 14.6. The van der Waals surface area contributed by atoms with Gasteiger partial charge >= 0.3 is 0 Å². The predicted molar refractivity (Wildman–Crippen MR) is 78.3 cm³/mol. The van der Waals surface area contributed by atoms with Crippen LogP contribution in [0.25, 0.3) is 0 Å². The van der Waals surface area contributed by atoms with Gasteiger partial charge in [0, 0.05) is 24.5 Å². The fourth-order valence-electron chi connectivity index (χ4n) is 1.75. The highest BCUT2D eigenvalue weighted by atomic mass is 35.5. The number of hydrogen-bond acceptors (Lipinski definition) is 3. The van der Waals surface area contributed by atoms with Gasteiger partial charge < -0.3 is 15.1 Å². The Kier molecular flexibility index (Phi) is 5.65. The molecule has 4 nitrogen and oxygen atoms in total. The van der Waals surface area contributed by atoms with Gasteiger partial charge in [-0.25, -0.2) is 0 Å². The van der Waals surface area contributed by atoms with Gasteiger partial charge in [0.15, 0.2) is 0 Å². The van der Waals surface area contributed by atoms with Crippen LogP contribution in [0.5, 0.6) is 0 Å². The van der Waals surface area contributed by atoms with Gasteiger partial charge in [0.2, 0.25) is 5.91 Å². The molecule has 0 aliphatic rings. The molecule has 1 heterocycles. The van der Waals surface area contributed by atoms with Crippen LogP contribution in [0.3, 0.4) is 0 Å². The summed E-state index contributed by atoms with van der Waals surface area (Å²) in [4.78, 5) is 11.7. The molecule has 0 unspecified atom stereocenters. The fourth-order valence-corrected chi connectivity index (χ4v) is 1.95. The van der Waals surface area contributed by atoms with Crippen molar-refractivity contribution in [1.29, 1.82) is 0 Å². The lowest BCUT2D eigenvalue weighted by atomic mass is 10.2. The minimum absolute atomic E-state index is 0.00290. The molecular formula is C15H17ClN2O2. The minimum atomic E-state index is -0.00290. The van der Waals surface area contributed by atoms with E-state index >= 15 is 0 Å². The molecule has 1 amide bonds. The Morgan fingerprint density at radius 2 is 2.00 bits per heavy atom. The van der Waals surface area contributed by atoms with E-state index in [1.165, 1.54) is 0 Å². The normalized spacial score (nSPS) is 10.4. The second-order valence-electron chi connectivity index (χ2n) is 4.37. The van der Waals surface area contributed by atoms with Gasteiger partial charge in [0.25, 0.3) is 0 Å². The lowest BCUT2D eigenvalue weighted by Gasteiger charge is -2.07. The third-order valence-corrected chi connectivity index (χ3v) is 3.21. The molecule has 0 atom stereocenters. The summed E-state index contributed by atoms with van der Waals surface area (Å²) < 4.78 is 5.18. The summed E-state index contributed by atoms with van der Waals surface area (Å²) in [7, 11) is 0. The van der Waals surface area contributed by atoms with Crippen molar-refractivity contribution >= 4 is 17.5 Å². The van der Waals surface area contributed by atoms with E-state index in [9.17, 15) is 4.79 Å². The highest BCUT2D eigenvalue weighted by molar-refractivity contribution is 6.31. The number of hydrogen-bond donors (Lipinski definition) is 2. The summed E-state index contributed by atoms with van der Waals surface area (Å²) in [6.45, 7) is 1.69. The quantitative estimate of drug-likeness (QED) is 0.772. The Hall–Kier alpha value is -1.78. The molecule has 0 saturated heterocycles. The van der Waals surface area contributed by atoms with Gasteiger partial charge in [0.05, 0.1) is 12.8 Å². The van der Waals surface area contributed by atoms with Crippen molar-refractivity contribution in [3.8, 4) is 0 Å². The number of rotatable bonds is 7. The first-order chi connectivity index (χ1) is 9.75. The average Bonchev–Trinajstić information content (AvgIpc) is 2.96. The van der Waals surface area contributed by atoms with Crippen molar-refractivity contribution < 1.29 is 9.21 Å². The van der Waals surface area contributed by atoms with Crippen LogP contribution in [0.15, 0.2) is 47.1 Å². The number of carbonyl (C=O) groups is 1. The van der Waals surface area contributed by atoms with E-state index in [0.29, 0.717) is 31.1 Å². The van der Waals surface area contributed by atoms with Crippen molar-refractivity contribution in [1.82, 2.24) is 10.6 Å². The molecule has 1 aromatic carbocycles. The second-order valence-corrected chi connectivity index (χ2v) is 4.78. The van der Waals surface area contributed by atoms with E-state index in [-0.39, 0.29) is 5.91 Å². The first-order valence-electron chi connectivity index (χ1n) is 6.49. The molecule has 2 rings (SSSR count). The van der Waals surface area contributed by atoms with Crippen LogP contribution < -0.4 is 10.6 Å². The number of benzene rings is 1. The lowest BCUT2D eigenvalue weighted by Crippen LogP contribution is -2.27.